The van der Waals surface area contributed by atoms with E-state index in [1.165, 1.54) is 46.9 Å². The Labute approximate surface area is 132 Å². The van der Waals surface area contributed by atoms with Crippen molar-refractivity contribution in [2.24, 2.45) is 5.73 Å². The lowest BCUT2D eigenvalue weighted by Crippen LogP contribution is -2.15. The lowest BCUT2D eigenvalue weighted by atomic mass is 10.1. The number of halogens is 3. The number of benzene rings is 2. The van der Waals surface area contributed by atoms with Gasteiger partial charge in [-0.1, -0.05) is 6.07 Å². The summed E-state index contributed by atoms with van der Waals surface area (Å²) < 4.78 is 26.7. The van der Waals surface area contributed by atoms with Crippen LogP contribution in [0.15, 0.2) is 36.4 Å². The van der Waals surface area contributed by atoms with E-state index in [4.69, 9.17) is 5.73 Å². The van der Waals surface area contributed by atoms with Crippen molar-refractivity contribution in [2.75, 3.05) is 5.32 Å². The first kappa shape index (κ1) is 15.4. The molecule has 0 saturated carbocycles. The van der Waals surface area contributed by atoms with Gasteiger partial charge < -0.3 is 11.1 Å². The Balaban J connectivity index is 2.26. The van der Waals surface area contributed by atoms with Crippen molar-refractivity contribution in [3.63, 3.8) is 0 Å². The number of amides is 2. The summed E-state index contributed by atoms with van der Waals surface area (Å²) in [7, 11) is 0. The maximum absolute atomic E-state index is 13.4. The molecule has 2 amide bonds. The zero-order valence-electron chi connectivity index (χ0n) is 10.5. The topological polar surface area (TPSA) is 72.2 Å². The monoisotopic (exact) mass is 402 g/mol. The highest BCUT2D eigenvalue weighted by Crippen LogP contribution is 2.21. The van der Waals surface area contributed by atoms with E-state index in [2.05, 4.69) is 5.32 Å². The van der Waals surface area contributed by atoms with Crippen LogP contribution in [0, 0.1) is 15.2 Å². The molecule has 0 aromatic heterocycles. The first-order valence-electron chi connectivity index (χ1n) is 5.74. The smallest absolute Gasteiger partial charge is 0.255 e. The molecule has 21 heavy (non-hydrogen) atoms. The van der Waals surface area contributed by atoms with Gasteiger partial charge >= 0.3 is 0 Å². The molecule has 108 valence electrons. The second-order valence-electron chi connectivity index (χ2n) is 4.15. The summed E-state index contributed by atoms with van der Waals surface area (Å²) in [6.07, 6.45) is 0. The molecule has 3 N–H and O–H groups in total. The fourth-order valence-corrected chi connectivity index (χ4v) is 1.96. The molecule has 0 aliphatic heterocycles. The Morgan fingerprint density at radius 3 is 2.19 bits per heavy atom. The van der Waals surface area contributed by atoms with Crippen molar-refractivity contribution >= 4 is 40.1 Å². The molecule has 2 aromatic rings. The molecular formula is C14H9F2IN2O2. The Kier molecular flexibility index (Phi) is 4.51. The zero-order chi connectivity index (χ0) is 15.6. The van der Waals surface area contributed by atoms with Crippen LogP contribution in [-0.4, -0.2) is 11.8 Å². The minimum Gasteiger partial charge on any atom is -0.366 e. The average Bonchev–Trinajstić information content (AvgIpc) is 2.44. The highest BCUT2D eigenvalue weighted by atomic mass is 127. The van der Waals surface area contributed by atoms with E-state index < -0.39 is 23.4 Å². The van der Waals surface area contributed by atoms with E-state index in [1.54, 1.807) is 0 Å². The molecule has 4 nitrogen and oxygen atoms in total. The third-order valence-electron chi connectivity index (χ3n) is 2.65. The minimum atomic E-state index is -0.767. The summed E-state index contributed by atoms with van der Waals surface area (Å²) in [4.78, 5) is 23.0. The zero-order valence-corrected chi connectivity index (χ0v) is 12.6. The Morgan fingerprint density at radius 2 is 1.62 bits per heavy atom. The van der Waals surface area contributed by atoms with Gasteiger partial charge in [0.25, 0.3) is 5.91 Å². The second-order valence-corrected chi connectivity index (χ2v) is 5.23. The van der Waals surface area contributed by atoms with Gasteiger partial charge in [-0.05, 0) is 52.9 Å². The molecule has 7 heteroatoms. The van der Waals surface area contributed by atoms with Gasteiger partial charge in [-0.2, -0.15) is 0 Å². The molecule has 0 unspecified atom stereocenters. The van der Waals surface area contributed by atoms with Crippen molar-refractivity contribution in [3.05, 3.63) is 62.7 Å². The van der Waals surface area contributed by atoms with Gasteiger partial charge in [-0.25, -0.2) is 8.78 Å². The van der Waals surface area contributed by atoms with E-state index in [-0.39, 0.29) is 20.4 Å². The van der Waals surface area contributed by atoms with Gasteiger partial charge in [-0.3, -0.25) is 9.59 Å². The summed E-state index contributed by atoms with van der Waals surface area (Å²) >= 11 is 1.53. The molecule has 2 rings (SSSR count). The number of carbonyl (C=O) groups is 2. The summed E-state index contributed by atoms with van der Waals surface area (Å²) in [6, 6.07) is 7.74. The van der Waals surface area contributed by atoms with Crippen LogP contribution in [0.2, 0.25) is 0 Å². The Morgan fingerprint density at radius 1 is 1.05 bits per heavy atom. The van der Waals surface area contributed by atoms with E-state index in [0.717, 1.165) is 12.1 Å². The molecule has 0 atom stereocenters. The number of hydrogen-bond donors (Lipinski definition) is 2. The van der Waals surface area contributed by atoms with Crippen LogP contribution in [0.1, 0.15) is 20.7 Å². The van der Waals surface area contributed by atoms with Crippen molar-refractivity contribution < 1.29 is 18.4 Å². The van der Waals surface area contributed by atoms with Gasteiger partial charge in [0.15, 0.2) is 0 Å². The van der Waals surface area contributed by atoms with E-state index >= 15 is 0 Å². The molecule has 2 aromatic carbocycles. The molecule has 0 radical (unpaired) electrons. The molecule has 0 aliphatic rings. The first-order valence-corrected chi connectivity index (χ1v) is 6.82. The van der Waals surface area contributed by atoms with Gasteiger partial charge in [0.1, 0.15) is 11.6 Å². The third-order valence-corrected chi connectivity index (χ3v) is 3.68. The predicted octanol–water partition coefficient (Wildman–Crippen LogP) is 2.92. The van der Waals surface area contributed by atoms with Crippen LogP contribution in [0.4, 0.5) is 14.5 Å². The van der Waals surface area contributed by atoms with E-state index in [9.17, 15) is 18.4 Å². The lowest BCUT2D eigenvalue weighted by Gasteiger charge is -2.07. The van der Waals surface area contributed by atoms with Gasteiger partial charge in [0, 0.05) is 16.8 Å². The van der Waals surface area contributed by atoms with Gasteiger partial charge in [0.05, 0.1) is 3.57 Å². The third kappa shape index (κ3) is 3.54. The summed E-state index contributed by atoms with van der Waals surface area (Å²) in [5.74, 6) is -2.80. The number of carbonyl (C=O) groups excluding carboxylic acids is 2. The number of hydrogen-bond acceptors (Lipinski definition) is 2. The number of nitrogens with two attached hydrogens (primary N) is 1. The van der Waals surface area contributed by atoms with Crippen LogP contribution in [0.25, 0.3) is 0 Å². The van der Waals surface area contributed by atoms with E-state index in [0.29, 0.717) is 0 Å². The van der Waals surface area contributed by atoms with Crippen LogP contribution < -0.4 is 11.1 Å². The van der Waals surface area contributed by atoms with Crippen LogP contribution in [0.3, 0.4) is 0 Å². The maximum Gasteiger partial charge on any atom is 0.255 e. The Bertz CT molecular complexity index is 712. The fourth-order valence-electron chi connectivity index (χ4n) is 1.64. The molecule has 0 spiro atoms. The van der Waals surface area contributed by atoms with Crippen LogP contribution >= 0.6 is 22.6 Å². The minimum absolute atomic E-state index is 0.0140. The average molecular weight is 402 g/mol. The second kappa shape index (κ2) is 6.17. The van der Waals surface area contributed by atoms with Crippen molar-refractivity contribution in [1.29, 1.82) is 0 Å². The van der Waals surface area contributed by atoms with Crippen molar-refractivity contribution in [3.8, 4) is 0 Å². The first-order chi connectivity index (χ1) is 9.88. The molecule has 0 fully saturated rings. The normalized spacial score (nSPS) is 10.2. The lowest BCUT2D eigenvalue weighted by molar-refractivity contribution is 0.1000. The van der Waals surface area contributed by atoms with Crippen LogP contribution in [-0.2, 0) is 0 Å². The van der Waals surface area contributed by atoms with E-state index in [1.807, 2.05) is 0 Å². The quantitative estimate of drug-likeness (QED) is 0.612. The Hall–Kier alpha value is -2.03. The number of anilines is 1. The molecule has 0 saturated heterocycles. The maximum atomic E-state index is 13.4. The number of primary amides is 1. The fraction of sp³-hybridized carbons (Fsp3) is 0. The number of nitrogens with one attached hydrogen (secondary N) is 1. The largest absolute Gasteiger partial charge is 0.366 e. The standard InChI is InChI=1S/C14H9F2IN2O2/c15-10-5-9(6-11(16)12(10)17)19-14(21)8-3-1-2-7(4-8)13(18)20/h1-6H,(H2,18,20)(H,19,21). The molecule has 0 heterocycles. The molecule has 0 bridgehead atoms. The molecular weight excluding hydrogens is 393 g/mol. The van der Waals surface area contributed by atoms with Crippen molar-refractivity contribution in [2.45, 2.75) is 0 Å². The predicted molar refractivity (Wildman–Crippen MR) is 82.0 cm³/mol. The SMILES string of the molecule is NC(=O)c1cccc(C(=O)Nc2cc(F)c(I)c(F)c2)c1. The summed E-state index contributed by atoms with van der Waals surface area (Å²) in [5, 5.41) is 2.36. The summed E-state index contributed by atoms with van der Waals surface area (Å²) in [5.41, 5.74) is 5.43. The highest BCUT2D eigenvalue weighted by Gasteiger charge is 2.12. The summed E-state index contributed by atoms with van der Waals surface area (Å²) in [6.45, 7) is 0. The van der Waals surface area contributed by atoms with Crippen LogP contribution in [0.5, 0.6) is 0 Å². The highest BCUT2D eigenvalue weighted by molar-refractivity contribution is 14.1. The number of rotatable bonds is 3. The molecule has 0 aliphatic carbocycles. The van der Waals surface area contributed by atoms with Gasteiger partial charge in [0.2, 0.25) is 5.91 Å². The van der Waals surface area contributed by atoms with Crippen molar-refractivity contribution in [1.82, 2.24) is 0 Å². The van der Waals surface area contributed by atoms with Gasteiger partial charge in [-0.15, -0.1) is 0 Å².